The van der Waals surface area contributed by atoms with Gasteiger partial charge in [-0.05, 0) is 71.0 Å². The van der Waals surface area contributed by atoms with Gasteiger partial charge >= 0.3 is 0 Å². The Hall–Kier alpha value is -3.68. The third-order valence-corrected chi connectivity index (χ3v) is 7.95. The van der Waals surface area contributed by atoms with Crippen LogP contribution in [0.2, 0.25) is 0 Å². The van der Waals surface area contributed by atoms with Gasteiger partial charge in [0.15, 0.2) is 0 Å². The summed E-state index contributed by atoms with van der Waals surface area (Å²) in [7, 11) is 0. The van der Waals surface area contributed by atoms with Crippen molar-refractivity contribution in [1.29, 1.82) is 0 Å². The van der Waals surface area contributed by atoms with Crippen molar-refractivity contribution in [1.82, 2.24) is 10.3 Å². The smallest absolute Gasteiger partial charge is 0.252 e. The van der Waals surface area contributed by atoms with Crippen LogP contribution >= 0.6 is 22.6 Å². The Labute approximate surface area is 241 Å². The number of alkyl halides is 2. The number of aromatic nitrogens is 1. The Balaban J connectivity index is 1.60. The number of nitrogen functional groups attached to an aromatic ring is 1. The highest BCUT2D eigenvalue weighted by atomic mass is 127. The number of pyridine rings is 1. The van der Waals surface area contributed by atoms with Crippen LogP contribution in [0.25, 0.3) is 0 Å². The summed E-state index contributed by atoms with van der Waals surface area (Å²) in [6, 6.07) is 13.5. The summed E-state index contributed by atoms with van der Waals surface area (Å²) in [5, 5.41) is 2.65. The Morgan fingerprint density at radius 2 is 1.82 bits per heavy atom. The summed E-state index contributed by atoms with van der Waals surface area (Å²) >= 11 is 2.02. The lowest BCUT2D eigenvalue weighted by Crippen LogP contribution is -2.56. The van der Waals surface area contributed by atoms with Crippen molar-refractivity contribution in [3.05, 3.63) is 81.7 Å². The molecule has 2 aliphatic rings. The summed E-state index contributed by atoms with van der Waals surface area (Å²) < 4.78 is 42.3. The van der Waals surface area contributed by atoms with E-state index in [1.807, 2.05) is 22.6 Å². The number of hydrogen-bond acceptors (Lipinski definition) is 5. The first-order chi connectivity index (χ1) is 19.0. The van der Waals surface area contributed by atoms with Gasteiger partial charge in [-0.25, -0.2) is 18.2 Å². The molecule has 8 nitrogen and oxygen atoms in total. The zero-order chi connectivity index (χ0) is 28.6. The Bertz CT molecular complexity index is 1460. The minimum absolute atomic E-state index is 0.0424. The lowest BCUT2D eigenvalue weighted by molar-refractivity contribution is -0.133. The third kappa shape index (κ3) is 5.62. The van der Waals surface area contributed by atoms with Crippen LogP contribution in [0, 0.1) is 9.39 Å². The van der Waals surface area contributed by atoms with E-state index < -0.39 is 54.5 Å². The van der Waals surface area contributed by atoms with Crippen LogP contribution in [-0.4, -0.2) is 40.7 Å². The van der Waals surface area contributed by atoms with Gasteiger partial charge in [0, 0.05) is 34.6 Å². The molecule has 3 N–H and O–H groups in total. The van der Waals surface area contributed by atoms with Gasteiger partial charge in [-0.1, -0.05) is 30.3 Å². The molecule has 40 heavy (non-hydrogen) atoms. The SMILES string of the molecule is Nc1cccc(N2C(=O)CC[C@H]2C(=O)N(c2cccc(F)c2)[C@@H](C(=O)NC2CC(F)(F)C2)c2ccccc2I)n1. The zero-order valence-corrected chi connectivity index (χ0v) is 23.2. The van der Waals surface area contributed by atoms with E-state index >= 15 is 0 Å². The van der Waals surface area contributed by atoms with Gasteiger partial charge in [0.05, 0.1) is 0 Å². The van der Waals surface area contributed by atoms with Crippen LogP contribution in [0.4, 0.5) is 30.5 Å². The predicted molar refractivity (Wildman–Crippen MR) is 151 cm³/mol. The molecule has 208 valence electrons. The van der Waals surface area contributed by atoms with E-state index in [-0.39, 0.29) is 36.1 Å². The van der Waals surface area contributed by atoms with E-state index in [0.29, 0.717) is 9.13 Å². The van der Waals surface area contributed by atoms with Gasteiger partial charge in [0.1, 0.15) is 29.5 Å². The van der Waals surface area contributed by atoms with Gasteiger partial charge in [-0.15, -0.1) is 0 Å². The number of amides is 3. The van der Waals surface area contributed by atoms with Crippen molar-refractivity contribution in [2.24, 2.45) is 0 Å². The average Bonchev–Trinajstić information content (AvgIpc) is 3.27. The number of benzene rings is 2. The number of nitrogens with two attached hydrogens (primary N) is 1. The van der Waals surface area contributed by atoms with Crippen LogP contribution in [-0.2, 0) is 14.4 Å². The van der Waals surface area contributed by atoms with E-state index in [0.717, 1.165) is 11.0 Å². The van der Waals surface area contributed by atoms with Crippen molar-refractivity contribution >= 4 is 57.6 Å². The van der Waals surface area contributed by atoms with E-state index in [1.165, 1.54) is 23.1 Å². The number of nitrogens with one attached hydrogen (secondary N) is 1. The lowest BCUT2D eigenvalue weighted by Gasteiger charge is -2.39. The molecular weight excluding hydrogens is 638 g/mol. The fourth-order valence-corrected chi connectivity index (χ4v) is 5.79. The standard InChI is InChI=1S/C28H25F3IN5O3/c29-16-5-3-6-18(13-16)36(27(40)21-11-12-24(38)37(21)23-10-4-9-22(33)35-23)25(19-7-1-2-8-20(19)32)26(39)34-17-14-28(30,31)15-17/h1-10,13,17,21,25H,11-12,14-15H2,(H2,33,35)(H,34,39)/t21-,25+/m0/s1. The van der Waals surface area contributed by atoms with Crippen molar-refractivity contribution in [3.63, 3.8) is 0 Å². The minimum Gasteiger partial charge on any atom is -0.384 e. The highest BCUT2D eigenvalue weighted by Gasteiger charge is 2.48. The summed E-state index contributed by atoms with van der Waals surface area (Å²) in [4.78, 5) is 47.8. The van der Waals surface area contributed by atoms with Crippen LogP contribution in [0.5, 0.6) is 0 Å². The molecule has 5 rings (SSSR count). The molecule has 0 spiro atoms. The molecular formula is C28H25F3IN5O3. The molecule has 0 bridgehead atoms. The summed E-state index contributed by atoms with van der Waals surface area (Å²) in [6.07, 6.45) is -0.871. The van der Waals surface area contributed by atoms with Gasteiger partial charge in [-0.2, -0.15) is 0 Å². The first kappa shape index (κ1) is 27.9. The molecule has 1 saturated heterocycles. The third-order valence-electron chi connectivity index (χ3n) is 6.97. The number of carbonyl (C=O) groups excluding carboxylic acids is 3. The lowest BCUT2D eigenvalue weighted by atomic mass is 9.87. The fourth-order valence-electron chi connectivity index (χ4n) is 5.11. The highest BCUT2D eigenvalue weighted by molar-refractivity contribution is 14.1. The topological polar surface area (TPSA) is 109 Å². The Morgan fingerprint density at radius 1 is 1.10 bits per heavy atom. The summed E-state index contributed by atoms with van der Waals surface area (Å²) in [6.45, 7) is 0. The van der Waals surface area contributed by atoms with E-state index in [1.54, 1.807) is 42.5 Å². The highest BCUT2D eigenvalue weighted by Crippen LogP contribution is 2.39. The number of hydrogen-bond donors (Lipinski definition) is 2. The van der Waals surface area contributed by atoms with Crippen molar-refractivity contribution in [3.8, 4) is 0 Å². The minimum atomic E-state index is -2.87. The van der Waals surface area contributed by atoms with E-state index in [9.17, 15) is 27.6 Å². The van der Waals surface area contributed by atoms with Crippen LogP contribution in [0.1, 0.15) is 37.3 Å². The molecule has 0 radical (unpaired) electrons. The number of carbonyl (C=O) groups is 3. The molecule has 2 atom stereocenters. The molecule has 3 aromatic rings. The maximum Gasteiger partial charge on any atom is 0.252 e. The van der Waals surface area contributed by atoms with Crippen molar-refractivity contribution < 1.29 is 27.6 Å². The fraction of sp³-hybridized carbons (Fsp3) is 0.286. The summed E-state index contributed by atoms with van der Waals surface area (Å²) in [5.41, 5.74) is 6.32. The quantitative estimate of drug-likeness (QED) is 0.360. The predicted octanol–water partition coefficient (Wildman–Crippen LogP) is 4.59. The molecule has 1 aromatic heterocycles. The number of anilines is 3. The van der Waals surface area contributed by atoms with Crippen molar-refractivity contribution in [2.75, 3.05) is 15.5 Å². The van der Waals surface area contributed by atoms with Gasteiger partial charge in [-0.3, -0.25) is 24.2 Å². The monoisotopic (exact) mass is 663 g/mol. The molecule has 1 aliphatic heterocycles. The molecule has 2 fully saturated rings. The van der Waals surface area contributed by atoms with E-state index in [2.05, 4.69) is 10.3 Å². The van der Waals surface area contributed by atoms with Crippen LogP contribution in [0.15, 0.2) is 66.7 Å². The van der Waals surface area contributed by atoms with Gasteiger partial charge < -0.3 is 11.1 Å². The Morgan fingerprint density at radius 3 is 2.50 bits per heavy atom. The zero-order valence-electron chi connectivity index (χ0n) is 21.1. The van der Waals surface area contributed by atoms with Crippen LogP contribution in [0.3, 0.4) is 0 Å². The first-order valence-electron chi connectivity index (χ1n) is 12.6. The van der Waals surface area contributed by atoms with Gasteiger partial charge in [0.25, 0.3) is 11.8 Å². The number of halogens is 4. The van der Waals surface area contributed by atoms with E-state index in [4.69, 9.17) is 5.73 Å². The van der Waals surface area contributed by atoms with Crippen molar-refractivity contribution in [2.45, 2.75) is 49.7 Å². The second-order valence-corrected chi connectivity index (χ2v) is 11.0. The molecule has 2 heterocycles. The Kier molecular flexibility index (Phi) is 7.71. The molecule has 12 heteroatoms. The molecule has 3 amide bonds. The average molecular weight is 663 g/mol. The largest absolute Gasteiger partial charge is 0.384 e. The molecule has 2 aromatic carbocycles. The molecule has 0 unspecified atom stereocenters. The first-order valence-corrected chi connectivity index (χ1v) is 13.7. The normalized spacial score (nSPS) is 19.1. The maximum absolute atomic E-state index is 14.5. The molecule has 1 aliphatic carbocycles. The maximum atomic E-state index is 14.5. The summed E-state index contributed by atoms with van der Waals surface area (Å²) in [5.74, 6) is -4.90. The second kappa shape index (κ2) is 11.1. The number of nitrogens with zero attached hydrogens (tertiary/aromatic N) is 3. The van der Waals surface area contributed by atoms with Crippen LogP contribution < -0.4 is 20.9 Å². The number of rotatable bonds is 7. The second-order valence-electron chi connectivity index (χ2n) is 9.82. The molecule has 1 saturated carbocycles. The van der Waals surface area contributed by atoms with Gasteiger partial charge in [0.2, 0.25) is 11.8 Å².